The van der Waals surface area contributed by atoms with Gasteiger partial charge in [-0.2, -0.15) is 11.8 Å². The highest BCUT2D eigenvalue weighted by Crippen LogP contribution is 2.19. The number of aryl methyl sites for hydroxylation is 1. The van der Waals surface area contributed by atoms with E-state index in [1.54, 1.807) is 18.7 Å². The lowest BCUT2D eigenvalue weighted by atomic mass is 9.99. The number of piperidine rings is 1. The molecule has 0 radical (unpaired) electrons. The summed E-state index contributed by atoms with van der Waals surface area (Å²) in [5.41, 5.74) is 2.54. The first-order valence-corrected chi connectivity index (χ1v) is 11.6. The summed E-state index contributed by atoms with van der Waals surface area (Å²) in [5.74, 6) is 1.63. The Bertz CT molecular complexity index is 659. The van der Waals surface area contributed by atoms with Crippen LogP contribution in [0.25, 0.3) is 0 Å². The van der Waals surface area contributed by atoms with Crippen molar-refractivity contribution in [2.75, 3.05) is 31.1 Å². The Morgan fingerprint density at radius 3 is 2.72 bits per heavy atom. The average Bonchev–Trinajstić information content (AvgIpc) is 2.63. The lowest BCUT2D eigenvalue weighted by Crippen LogP contribution is -2.46. The van der Waals surface area contributed by atoms with E-state index in [2.05, 4.69) is 36.5 Å². The zero-order valence-corrected chi connectivity index (χ0v) is 16.7. The zero-order valence-electron chi connectivity index (χ0n) is 15.0. The van der Waals surface area contributed by atoms with Crippen LogP contribution in [0.3, 0.4) is 0 Å². The van der Waals surface area contributed by atoms with Gasteiger partial charge < -0.3 is 5.32 Å². The first kappa shape index (κ1) is 20.3. The lowest BCUT2D eigenvalue weighted by Gasteiger charge is -2.30. The number of amides is 1. The maximum Gasteiger partial charge on any atom is 0.224 e. The van der Waals surface area contributed by atoms with E-state index in [9.17, 15) is 13.2 Å². The Labute approximate surface area is 155 Å². The number of hydrogen-bond donors (Lipinski definition) is 1. The molecule has 1 unspecified atom stereocenters. The molecule has 1 aliphatic heterocycles. The number of sulfonamides is 1. The minimum absolute atomic E-state index is 0.0214. The van der Waals surface area contributed by atoms with Gasteiger partial charge in [0.1, 0.15) is 0 Å². The quantitative estimate of drug-likeness (QED) is 0.699. The number of carbonyl (C=O) groups is 1. The molecule has 0 aliphatic carbocycles. The fourth-order valence-corrected chi connectivity index (χ4v) is 4.86. The molecule has 1 aromatic carbocycles. The second kappa shape index (κ2) is 9.59. The van der Waals surface area contributed by atoms with Crippen molar-refractivity contribution in [1.82, 2.24) is 9.62 Å². The smallest absolute Gasteiger partial charge is 0.224 e. The molecule has 0 spiro atoms. The van der Waals surface area contributed by atoms with Crippen molar-refractivity contribution in [3.63, 3.8) is 0 Å². The third kappa shape index (κ3) is 6.31. The number of hydrogen-bond acceptors (Lipinski definition) is 4. The second-order valence-corrected chi connectivity index (χ2v) is 9.79. The number of rotatable bonds is 8. The van der Waals surface area contributed by atoms with Gasteiger partial charge in [0, 0.05) is 31.1 Å². The molecule has 140 valence electrons. The molecule has 1 N–H and O–H groups in total. The molecule has 0 aromatic heterocycles. The SMILES string of the molecule is CCS(=O)(=O)N1CCCC(C(=O)NCCSCc2ccc(C)cc2)C1. The molecule has 1 aliphatic rings. The Hall–Kier alpha value is -1.05. The van der Waals surface area contributed by atoms with Gasteiger partial charge in [0.15, 0.2) is 0 Å². The van der Waals surface area contributed by atoms with Crippen LogP contribution in [0, 0.1) is 12.8 Å². The molecule has 1 aromatic rings. The molecular weight excluding hydrogens is 356 g/mol. The topological polar surface area (TPSA) is 66.5 Å². The number of nitrogens with one attached hydrogen (secondary N) is 1. The number of carbonyl (C=O) groups excluding carboxylic acids is 1. The Kier molecular flexibility index (Phi) is 7.78. The third-order valence-electron chi connectivity index (χ3n) is 4.45. The third-order valence-corrected chi connectivity index (χ3v) is 7.33. The number of thioether (sulfide) groups is 1. The van der Waals surface area contributed by atoms with Crippen molar-refractivity contribution in [1.29, 1.82) is 0 Å². The normalized spacial score (nSPS) is 18.9. The fraction of sp³-hybridized carbons (Fsp3) is 0.611. The Morgan fingerprint density at radius 1 is 1.32 bits per heavy atom. The van der Waals surface area contributed by atoms with E-state index < -0.39 is 10.0 Å². The van der Waals surface area contributed by atoms with Crippen molar-refractivity contribution in [2.24, 2.45) is 5.92 Å². The monoisotopic (exact) mass is 384 g/mol. The molecule has 1 amide bonds. The minimum atomic E-state index is -3.20. The Morgan fingerprint density at radius 2 is 2.04 bits per heavy atom. The first-order chi connectivity index (χ1) is 11.9. The van der Waals surface area contributed by atoms with Gasteiger partial charge in [-0.05, 0) is 32.3 Å². The first-order valence-electron chi connectivity index (χ1n) is 8.81. The summed E-state index contributed by atoms with van der Waals surface area (Å²) in [4.78, 5) is 12.3. The predicted molar refractivity (Wildman–Crippen MR) is 104 cm³/mol. The van der Waals surface area contributed by atoms with Crippen molar-refractivity contribution in [2.45, 2.75) is 32.4 Å². The molecule has 1 fully saturated rings. The fourth-order valence-electron chi connectivity index (χ4n) is 2.86. The van der Waals surface area contributed by atoms with E-state index in [-0.39, 0.29) is 17.6 Å². The van der Waals surface area contributed by atoms with Gasteiger partial charge in [0.05, 0.1) is 11.7 Å². The predicted octanol–water partition coefficient (Wildman–Crippen LogP) is 2.41. The van der Waals surface area contributed by atoms with E-state index >= 15 is 0 Å². The molecule has 1 heterocycles. The van der Waals surface area contributed by atoms with Gasteiger partial charge in [0.25, 0.3) is 0 Å². The van der Waals surface area contributed by atoms with Gasteiger partial charge >= 0.3 is 0 Å². The maximum atomic E-state index is 12.3. The van der Waals surface area contributed by atoms with Crippen LogP contribution in [0.4, 0.5) is 0 Å². The maximum absolute atomic E-state index is 12.3. The summed E-state index contributed by atoms with van der Waals surface area (Å²) in [6.07, 6.45) is 1.51. The summed E-state index contributed by atoms with van der Waals surface area (Å²) in [6.45, 7) is 5.19. The summed E-state index contributed by atoms with van der Waals surface area (Å²) < 4.78 is 25.4. The van der Waals surface area contributed by atoms with Crippen LogP contribution in [0.1, 0.15) is 30.9 Å². The molecule has 1 saturated heterocycles. The van der Waals surface area contributed by atoms with Gasteiger partial charge in [-0.1, -0.05) is 29.8 Å². The van der Waals surface area contributed by atoms with Gasteiger partial charge in [-0.25, -0.2) is 12.7 Å². The largest absolute Gasteiger partial charge is 0.355 e. The number of nitrogens with zero attached hydrogens (tertiary/aromatic N) is 1. The van der Waals surface area contributed by atoms with Crippen molar-refractivity contribution < 1.29 is 13.2 Å². The molecule has 25 heavy (non-hydrogen) atoms. The summed E-state index contributed by atoms with van der Waals surface area (Å²) in [7, 11) is -3.20. The van der Waals surface area contributed by atoms with Crippen LogP contribution in [-0.2, 0) is 20.6 Å². The van der Waals surface area contributed by atoms with Crippen LogP contribution < -0.4 is 5.32 Å². The molecule has 2 rings (SSSR count). The van der Waals surface area contributed by atoms with Crippen LogP contribution >= 0.6 is 11.8 Å². The highest BCUT2D eigenvalue weighted by Gasteiger charge is 2.31. The van der Waals surface area contributed by atoms with Gasteiger partial charge in [-0.3, -0.25) is 4.79 Å². The zero-order chi connectivity index (χ0) is 18.3. The van der Waals surface area contributed by atoms with Crippen molar-refractivity contribution >= 4 is 27.7 Å². The van der Waals surface area contributed by atoms with Crippen LogP contribution in [0.15, 0.2) is 24.3 Å². The molecule has 7 heteroatoms. The molecule has 5 nitrogen and oxygen atoms in total. The summed E-state index contributed by atoms with van der Waals surface area (Å²) in [6, 6.07) is 8.48. The second-order valence-electron chi connectivity index (χ2n) is 6.43. The number of benzene rings is 1. The molecular formula is C18H28N2O3S2. The van der Waals surface area contributed by atoms with Crippen LogP contribution in [0.2, 0.25) is 0 Å². The average molecular weight is 385 g/mol. The minimum Gasteiger partial charge on any atom is -0.355 e. The lowest BCUT2D eigenvalue weighted by molar-refractivity contribution is -0.125. The highest BCUT2D eigenvalue weighted by molar-refractivity contribution is 7.98. The van der Waals surface area contributed by atoms with Crippen LogP contribution in [0.5, 0.6) is 0 Å². The van der Waals surface area contributed by atoms with Crippen molar-refractivity contribution in [3.05, 3.63) is 35.4 Å². The summed E-state index contributed by atoms with van der Waals surface area (Å²) in [5, 5.41) is 2.96. The van der Waals surface area contributed by atoms with E-state index in [1.165, 1.54) is 15.4 Å². The van der Waals surface area contributed by atoms with Gasteiger partial charge in [0.2, 0.25) is 15.9 Å². The van der Waals surface area contributed by atoms with E-state index in [4.69, 9.17) is 0 Å². The van der Waals surface area contributed by atoms with E-state index in [1.807, 2.05) is 0 Å². The van der Waals surface area contributed by atoms with Crippen LogP contribution in [-0.4, -0.2) is 49.8 Å². The Balaban J connectivity index is 1.68. The van der Waals surface area contributed by atoms with E-state index in [0.29, 0.717) is 19.6 Å². The summed E-state index contributed by atoms with van der Waals surface area (Å²) >= 11 is 1.79. The standard InChI is InChI=1S/C18H28N2O3S2/c1-3-25(22,23)20-11-4-5-17(13-20)18(21)19-10-12-24-14-16-8-6-15(2)7-9-16/h6-9,17H,3-5,10-14H2,1-2H3,(H,19,21). The molecule has 1 atom stereocenters. The molecule has 0 saturated carbocycles. The molecule has 0 bridgehead atoms. The van der Waals surface area contributed by atoms with Crippen molar-refractivity contribution in [3.8, 4) is 0 Å². The highest BCUT2D eigenvalue weighted by atomic mass is 32.2. The van der Waals surface area contributed by atoms with Gasteiger partial charge in [-0.15, -0.1) is 0 Å². The van der Waals surface area contributed by atoms with E-state index in [0.717, 1.165) is 24.3 Å².